The minimum atomic E-state index is -0.937. The molecule has 1 heterocycles. The molecular weight excluding hydrogens is 433 g/mol. The van der Waals surface area contributed by atoms with Crippen LogP contribution in [-0.2, 0) is 20.9 Å². The van der Waals surface area contributed by atoms with Gasteiger partial charge in [-0.3, -0.25) is 14.4 Å². The number of carbonyl (C=O) groups is 3. The Morgan fingerprint density at radius 1 is 1.12 bits per heavy atom. The third kappa shape index (κ3) is 5.13. The highest BCUT2D eigenvalue weighted by atomic mass is 19.1. The molecule has 7 heteroatoms. The summed E-state index contributed by atoms with van der Waals surface area (Å²) in [5, 5.41) is 5.61. The van der Waals surface area contributed by atoms with E-state index in [-0.39, 0.29) is 30.0 Å². The number of aryl methyl sites for hydroxylation is 1. The van der Waals surface area contributed by atoms with E-state index in [0.717, 1.165) is 5.56 Å². The number of nitrogens with one attached hydrogen (secondary N) is 2. The average molecular weight is 468 g/mol. The van der Waals surface area contributed by atoms with E-state index in [1.807, 2.05) is 58.9 Å². The number of para-hydroxylation sites is 1. The van der Waals surface area contributed by atoms with E-state index in [9.17, 15) is 18.8 Å². The van der Waals surface area contributed by atoms with Gasteiger partial charge in [-0.05, 0) is 41.5 Å². The summed E-state index contributed by atoms with van der Waals surface area (Å²) in [6.45, 7) is 11.3. The minimum absolute atomic E-state index is 0.0988. The number of hydrogen-bond donors (Lipinski definition) is 2. The van der Waals surface area contributed by atoms with Crippen molar-refractivity contribution in [2.75, 3.05) is 5.32 Å². The van der Waals surface area contributed by atoms with Gasteiger partial charge < -0.3 is 15.5 Å². The van der Waals surface area contributed by atoms with Crippen molar-refractivity contribution in [1.82, 2.24) is 10.2 Å². The molecule has 34 heavy (non-hydrogen) atoms. The molecule has 0 unspecified atom stereocenters. The molecule has 2 N–H and O–H groups in total. The van der Waals surface area contributed by atoms with Gasteiger partial charge in [-0.1, -0.05) is 71.0 Å². The first-order valence-corrected chi connectivity index (χ1v) is 11.7. The zero-order chi connectivity index (χ0) is 25.2. The van der Waals surface area contributed by atoms with Crippen LogP contribution in [-0.4, -0.2) is 28.7 Å². The summed E-state index contributed by atoms with van der Waals surface area (Å²) < 4.78 is 14.4. The monoisotopic (exact) mass is 467 g/mol. The van der Waals surface area contributed by atoms with Gasteiger partial charge in [0.15, 0.2) is 0 Å². The topological polar surface area (TPSA) is 78.5 Å². The quantitative estimate of drug-likeness (QED) is 0.645. The fourth-order valence-corrected chi connectivity index (χ4v) is 4.14. The number of halogens is 1. The van der Waals surface area contributed by atoms with E-state index in [4.69, 9.17) is 0 Å². The molecule has 0 saturated heterocycles. The molecule has 3 amide bonds. The number of benzene rings is 2. The second kappa shape index (κ2) is 9.95. The average Bonchev–Trinajstić information content (AvgIpc) is 3.17. The molecule has 3 rings (SSSR count). The van der Waals surface area contributed by atoms with E-state index in [0.29, 0.717) is 17.5 Å². The Balaban J connectivity index is 1.97. The van der Waals surface area contributed by atoms with Crippen LogP contribution in [0, 0.1) is 24.1 Å². The van der Waals surface area contributed by atoms with E-state index >= 15 is 0 Å². The lowest BCUT2D eigenvalue weighted by Gasteiger charge is -2.36. The maximum absolute atomic E-state index is 14.4. The Labute approximate surface area is 200 Å². The number of rotatable bonds is 6. The lowest BCUT2D eigenvalue weighted by Crippen LogP contribution is -2.56. The first-order chi connectivity index (χ1) is 16.0. The van der Waals surface area contributed by atoms with Crippen molar-refractivity contribution in [1.29, 1.82) is 0 Å². The largest absolute Gasteiger partial charge is 0.344 e. The SMILES string of the molecule is CC[C@@H](C)C(=O)N[C@H](C(=O)N1Cc2ccccc2[C@H]1C(=O)Nc1c(C)cccc1F)C(C)(C)C. The lowest BCUT2D eigenvalue weighted by atomic mass is 9.85. The zero-order valence-corrected chi connectivity index (χ0v) is 20.7. The zero-order valence-electron chi connectivity index (χ0n) is 20.7. The second-order valence-corrected chi connectivity index (χ2v) is 10.1. The Morgan fingerprint density at radius 3 is 2.41 bits per heavy atom. The summed E-state index contributed by atoms with van der Waals surface area (Å²) in [6.07, 6.45) is 0.652. The third-order valence-electron chi connectivity index (χ3n) is 6.46. The van der Waals surface area contributed by atoms with Crippen molar-refractivity contribution in [2.24, 2.45) is 11.3 Å². The number of amides is 3. The highest BCUT2D eigenvalue weighted by molar-refractivity contribution is 6.00. The molecule has 0 bridgehead atoms. The van der Waals surface area contributed by atoms with Crippen molar-refractivity contribution in [3.8, 4) is 0 Å². The van der Waals surface area contributed by atoms with Crippen LogP contribution >= 0.6 is 0 Å². The third-order valence-corrected chi connectivity index (χ3v) is 6.46. The Morgan fingerprint density at radius 2 is 1.79 bits per heavy atom. The van der Waals surface area contributed by atoms with Crippen molar-refractivity contribution in [3.05, 3.63) is 65.0 Å². The predicted molar refractivity (Wildman–Crippen MR) is 130 cm³/mol. The Kier molecular flexibility index (Phi) is 7.44. The summed E-state index contributed by atoms with van der Waals surface area (Å²) in [5.41, 5.74) is 1.65. The molecule has 0 radical (unpaired) electrons. The smallest absolute Gasteiger partial charge is 0.251 e. The molecular formula is C27H34FN3O3. The van der Waals surface area contributed by atoms with Crippen molar-refractivity contribution < 1.29 is 18.8 Å². The van der Waals surface area contributed by atoms with E-state index in [2.05, 4.69) is 10.6 Å². The maximum Gasteiger partial charge on any atom is 0.251 e. The van der Waals surface area contributed by atoms with Crippen LogP contribution in [0.5, 0.6) is 0 Å². The van der Waals surface area contributed by atoms with Crippen LogP contribution in [0.4, 0.5) is 10.1 Å². The van der Waals surface area contributed by atoms with Gasteiger partial charge in [0, 0.05) is 12.5 Å². The molecule has 2 aromatic rings. The van der Waals surface area contributed by atoms with Crippen LogP contribution in [0.1, 0.15) is 63.8 Å². The van der Waals surface area contributed by atoms with E-state index in [1.54, 1.807) is 19.1 Å². The van der Waals surface area contributed by atoms with Gasteiger partial charge in [-0.2, -0.15) is 0 Å². The summed E-state index contributed by atoms with van der Waals surface area (Å²) in [4.78, 5) is 41.5. The summed E-state index contributed by atoms with van der Waals surface area (Å²) >= 11 is 0. The number of carbonyl (C=O) groups excluding carboxylic acids is 3. The van der Waals surface area contributed by atoms with Gasteiger partial charge in [0.2, 0.25) is 11.8 Å². The fourth-order valence-electron chi connectivity index (χ4n) is 4.14. The number of fused-ring (bicyclic) bond motifs is 1. The van der Waals surface area contributed by atoms with Crippen LogP contribution in [0.3, 0.4) is 0 Å². The first-order valence-electron chi connectivity index (χ1n) is 11.7. The van der Waals surface area contributed by atoms with Gasteiger partial charge >= 0.3 is 0 Å². The van der Waals surface area contributed by atoms with Gasteiger partial charge in [-0.15, -0.1) is 0 Å². The highest BCUT2D eigenvalue weighted by Crippen LogP contribution is 2.37. The summed E-state index contributed by atoms with van der Waals surface area (Å²) in [6, 6.07) is 10.2. The van der Waals surface area contributed by atoms with Crippen molar-refractivity contribution in [3.63, 3.8) is 0 Å². The summed E-state index contributed by atoms with van der Waals surface area (Å²) in [5.74, 6) is -1.81. The number of nitrogens with zero attached hydrogens (tertiary/aromatic N) is 1. The Bertz CT molecular complexity index is 1070. The molecule has 0 aromatic heterocycles. The molecule has 1 aliphatic rings. The van der Waals surface area contributed by atoms with Crippen LogP contribution in [0.15, 0.2) is 42.5 Å². The fraction of sp³-hybridized carbons (Fsp3) is 0.444. The molecule has 0 saturated carbocycles. The minimum Gasteiger partial charge on any atom is -0.344 e. The molecule has 2 aromatic carbocycles. The number of hydrogen-bond acceptors (Lipinski definition) is 3. The normalized spacial score (nSPS) is 17.0. The molecule has 0 spiro atoms. The predicted octanol–water partition coefficient (Wildman–Crippen LogP) is 4.73. The lowest BCUT2D eigenvalue weighted by molar-refractivity contribution is -0.145. The number of anilines is 1. The van der Waals surface area contributed by atoms with E-state index in [1.165, 1.54) is 11.0 Å². The van der Waals surface area contributed by atoms with Gasteiger partial charge in [-0.25, -0.2) is 4.39 Å². The molecule has 0 aliphatic carbocycles. The van der Waals surface area contributed by atoms with Gasteiger partial charge in [0.05, 0.1) is 5.69 Å². The maximum atomic E-state index is 14.4. The molecule has 0 fully saturated rings. The Hall–Kier alpha value is -3.22. The first kappa shape index (κ1) is 25.4. The second-order valence-electron chi connectivity index (χ2n) is 10.1. The highest BCUT2D eigenvalue weighted by Gasteiger charge is 2.44. The van der Waals surface area contributed by atoms with Crippen LogP contribution < -0.4 is 10.6 Å². The van der Waals surface area contributed by atoms with Crippen LogP contribution in [0.25, 0.3) is 0 Å². The molecule has 1 aliphatic heterocycles. The van der Waals surface area contributed by atoms with Gasteiger partial charge in [0.1, 0.15) is 17.9 Å². The van der Waals surface area contributed by atoms with Crippen molar-refractivity contribution in [2.45, 2.75) is 66.6 Å². The van der Waals surface area contributed by atoms with E-state index < -0.39 is 29.2 Å². The molecule has 3 atom stereocenters. The standard InChI is InChI=1S/C27H34FN3O3/c1-7-16(2)24(32)30-23(27(4,5)6)26(34)31-15-18-12-8-9-13-19(18)22(31)25(33)29-21-17(3)11-10-14-20(21)28/h8-14,16,22-23H,7,15H2,1-6H3,(H,29,33)(H,30,32)/t16-,22+,23-/m1/s1. The van der Waals surface area contributed by atoms with Gasteiger partial charge in [0.25, 0.3) is 5.91 Å². The summed E-state index contributed by atoms with van der Waals surface area (Å²) in [7, 11) is 0. The molecule has 6 nitrogen and oxygen atoms in total. The molecule has 182 valence electrons. The van der Waals surface area contributed by atoms with Crippen LogP contribution in [0.2, 0.25) is 0 Å². The van der Waals surface area contributed by atoms with Crippen molar-refractivity contribution >= 4 is 23.4 Å².